The van der Waals surface area contributed by atoms with Crippen LogP contribution in [0.1, 0.15) is 29.5 Å². The van der Waals surface area contributed by atoms with Crippen molar-refractivity contribution in [1.82, 2.24) is 5.06 Å². The van der Waals surface area contributed by atoms with E-state index in [0.717, 1.165) is 36.0 Å². The topological polar surface area (TPSA) is 93.1 Å². The van der Waals surface area contributed by atoms with E-state index >= 15 is 0 Å². The largest absolute Gasteiger partial charge is 0.379 e. The first-order valence-electron chi connectivity index (χ1n) is 10.4. The molecule has 2 N–H and O–H groups in total. The Kier molecular flexibility index (Phi) is 4.56. The first kappa shape index (κ1) is 20.0. The number of nitrogens with zero attached hydrogens (tertiary/aromatic N) is 3. The van der Waals surface area contributed by atoms with Crippen molar-refractivity contribution in [3.63, 3.8) is 0 Å². The summed E-state index contributed by atoms with van der Waals surface area (Å²) in [4.78, 5) is 11.4. The summed E-state index contributed by atoms with van der Waals surface area (Å²) in [5.41, 5.74) is 9.82. The number of nitrogens with two attached hydrogens (primary N) is 1. The summed E-state index contributed by atoms with van der Waals surface area (Å²) in [5, 5.41) is 10.9. The lowest BCUT2D eigenvalue weighted by Crippen LogP contribution is -2.42. The molecule has 0 saturated heterocycles. The number of hydroxylamine groups is 2. The molecular formula is C24H26N4O3. The summed E-state index contributed by atoms with van der Waals surface area (Å²) >= 11 is 0. The van der Waals surface area contributed by atoms with Crippen LogP contribution >= 0.6 is 0 Å². The third kappa shape index (κ3) is 2.79. The van der Waals surface area contributed by atoms with Crippen LogP contribution < -0.4 is 5.73 Å². The summed E-state index contributed by atoms with van der Waals surface area (Å²) in [6.07, 6.45) is 2.27. The van der Waals surface area contributed by atoms with Crippen LogP contribution in [0, 0.1) is 16.7 Å². The maximum absolute atomic E-state index is 9.29. The molecule has 1 heterocycles. The van der Waals surface area contributed by atoms with Crippen LogP contribution in [0.4, 0.5) is 0 Å². The van der Waals surface area contributed by atoms with Crippen LogP contribution in [0.5, 0.6) is 0 Å². The number of fused-ring (bicyclic) bond motifs is 3. The number of ether oxygens (including phenoxy) is 2. The Morgan fingerprint density at radius 1 is 1.13 bits per heavy atom. The monoisotopic (exact) mass is 418 g/mol. The van der Waals surface area contributed by atoms with Crippen LogP contribution in [0.3, 0.4) is 0 Å². The lowest BCUT2D eigenvalue weighted by molar-refractivity contribution is -0.222. The van der Waals surface area contributed by atoms with Gasteiger partial charge in [0.05, 0.1) is 23.8 Å². The Labute approximate surface area is 182 Å². The Balaban J connectivity index is 1.65. The van der Waals surface area contributed by atoms with Gasteiger partial charge in [0.2, 0.25) is 11.7 Å². The van der Waals surface area contributed by atoms with Crippen molar-refractivity contribution < 1.29 is 14.3 Å². The molecule has 0 aromatic heterocycles. The fraction of sp³-hybridized carbons (Fsp3) is 0.417. The second-order valence-corrected chi connectivity index (χ2v) is 8.68. The molecule has 1 fully saturated rings. The van der Waals surface area contributed by atoms with Crippen molar-refractivity contribution in [2.24, 2.45) is 16.1 Å². The van der Waals surface area contributed by atoms with E-state index in [2.05, 4.69) is 24.3 Å². The van der Waals surface area contributed by atoms with Gasteiger partial charge < -0.3 is 15.2 Å². The molecule has 7 nitrogen and oxygen atoms in total. The van der Waals surface area contributed by atoms with Crippen LogP contribution in [0.15, 0.2) is 47.5 Å². The van der Waals surface area contributed by atoms with Gasteiger partial charge in [-0.15, -0.1) is 0 Å². The Morgan fingerprint density at radius 2 is 1.84 bits per heavy atom. The van der Waals surface area contributed by atoms with Crippen molar-refractivity contribution in [1.29, 1.82) is 5.26 Å². The Hall–Kier alpha value is -2.92. The van der Waals surface area contributed by atoms with E-state index in [9.17, 15) is 5.26 Å². The molecule has 7 heteroatoms. The third-order valence-electron chi connectivity index (χ3n) is 7.12. The highest BCUT2D eigenvalue weighted by Crippen LogP contribution is 2.63. The van der Waals surface area contributed by atoms with Crippen molar-refractivity contribution in [3.05, 3.63) is 59.2 Å². The van der Waals surface area contributed by atoms with E-state index in [-0.39, 0.29) is 17.6 Å². The van der Waals surface area contributed by atoms with Gasteiger partial charge in [-0.25, -0.2) is 14.9 Å². The molecule has 5 rings (SSSR count). The first-order chi connectivity index (χ1) is 14.9. The number of benzene rings is 2. The van der Waals surface area contributed by atoms with Crippen LogP contribution in [0.25, 0.3) is 11.1 Å². The molecule has 31 heavy (non-hydrogen) atoms. The SMILES string of the molecule is COC1CC2(Cc3ccc(-c4cccc(C#N)c4)cc3C23N=C(N)N(C)O3)CC1OC. The highest BCUT2D eigenvalue weighted by Gasteiger charge is 2.67. The molecule has 2 spiro atoms. The fourth-order valence-corrected chi connectivity index (χ4v) is 5.59. The number of hydrogen-bond donors (Lipinski definition) is 1. The van der Waals surface area contributed by atoms with Crippen molar-refractivity contribution >= 4 is 5.96 Å². The minimum absolute atomic E-state index is 0.0334. The Bertz CT molecular complexity index is 1100. The molecule has 0 amide bonds. The van der Waals surface area contributed by atoms with E-state index in [1.54, 1.807) is 26.3 Å². The average Bonchev–Trinajstić information content (AvgIpc) is 3.40. The minimum atomic E-state index is -0.923. The number of rotatable bonds is 3. The molecule has 2 aliphatic carbocycles. The second-order valence-electron chi connectivity index (χ2n) is 8.68. The summed E-state index contributed by atoms with van der Waals surface area (Å²) in [6.45, 7) is 0. The molecule has 2 aromatic carbocycles. The standard InChI is InChI=1S/C24H26N4O3/c1-28-22(26)27-24(31-28)19-10-17(16-6-4-5-15(9-16)14-25)7-8-18(19)11-23(24)12-20(29-2)21(13-23)30-3/h4-10,20-21H,11-13H2,1-3H3,(H2,26,27). The molecule has 1 saturated carbocycles. The molecule has 3 atom stereocenters. The molecule has 1 aliphatic heterocycles. The molecule has 3 unspecified atom stereocenters. The van der Waals surface area contributed by atoms with Gasteiger partial charge in [-0.3, -0.25) is 0 Å². The smallest absolute Gasteiger partial charge is 0.220 e. The molecule has 0 bridgehead atoms. The third-order valence-corrected chi connectivity index (χ3v) is 7.12. The van der Waals surface area contributed by atoms with Crippen molar-refractivity contribution in [3.8, 4) is 17.2 Å². The van der Waals surface area contributed by atoms with Crippen molar-refractivity contribution in [2.75, 3.05) is 21.3 Å². The number of aliphatic imine (C=N–C) groups is 1. The summed E-state index contributed by atoms with van der Waals surface area (Å²) < 4.78 is 11.5. The first-order valence-corrected chi connectivity index (χ1v) is 10.4. The van der Waals surface area contributed by atoms with Gasteiger partial charge in [0.25, 0.3) is 0 Å². The summed E-state index contributed by atoms with van der Waals surface area (Å²) in [6, 6.07) is 16.2. The number of nitriles is 1. The quantitative estimate of drug-likeness (QED) is 0.824. The van der Waals surface area contributed by atoms with E-state index in [0.29, 0.717) is 11.5 Å². The van der Waals surface area contributed by atoms with Crippen LogP contribution in [-0.2, 0) is 26.5 Å². The Morgan fingerprint density at radius 3 is 2.45 bits per heavy atom. The zero-order chi connectivity index (χ0) is 21.8. The van der Waals surface area contributed by atoms with Gasteiger partial charge in [-0.1, -0.05) is 24.3 Å². The molecule has 3 aliphatic rings. The normalized spacial score (nSPS) is 31.3. The molecular weight excluding hydrogens is 392 g/mol. The molecule has 0 radical (unpaired) electrons. The van der Waals surface area contributed by atoms with Gasteiger partial charge in [0, 0.05) is 32.2 Å². The van der Waals surface area contributed by atoms with Gasteiger partial charge in [0.15, 0.2) is 0 Å². The van der Waals surface area contributed by atoms with E-state index in [1.165, 1.54) is 5.56 Å². The van der Waals surface area contributed by atoms with Crippen molar-refractivity contribution in [2.45, 2.75) is 37.2 Å². The predicted molar refractivity (Wildman–Crippen MR) is 116 cm³/mol. The predicted octanol–water partition coefficient (Wildman–Crippen LogP) is 2.94. The van der Waals surface area contributed by atoms with E-state index in [1.807, 2.05) is 24.3 Å². The number of guanidine groups is 1. The van der Waals surface area contributed by atoms with Gasteiger partial charge in [-0.2, -0.15) is 5.26 Å². The summed E-state index contributed by atoms with van der Waals surface area (Å²) in [5.74, 6) is 0.360. The van der Waals surface area contributed by atoms with Gasteiger partial charge >= 0.3 is 0 Å². The van der Waals surface area contributed by atoms with Crippen LogP contribution in [0.2, 0.25) is 0 Å². The van der Waals surface area contributed by atoms with Gasteiger partial charge in [0.1, 0.15) is 0 Å². The lowest BCUT2D eigenvalue weighted by Gasteiger charge is -2.38. The lowest BCUT2D eigenvalue weighted by atomic mass is 9.76. The zero-order valence-corrected chi connectivity index (χ0v) is 18.0. The molecule has 160 valence electrons. The number of methoxy groups -OCH3 is 2. The van der Waals surface area contributed by atoms with Crippen LogP contribution in [-0.4, -0.2) is 44.5 Å². The highest BCUT2D eigenvalue weighted by atomic mass is 16.7. The van der Waals surface area contributed by atoms with E-state index < -0.39 is 5.72 Å². The number of hydrogen-bond acceptors (Lipinski definition) is 7. The average molecular weight is 418 g/mol. The summed E-state index contributed by atoms with van der Waals surface area (Å²) in [7, 11) is 5.24. The second kappa shape index (κ2) is 7.06. The maximum atomic E-state index is 9.29. The maximum Gasteiger partial charge on any atom is 0.220 e. The fourth-order valence-electron chi connectivity index (χ4n) is 5.59. The van der Waals surface area contributed by atoms with E-state index in [4.69, 9.17) is 25.0 Å². The minimum Gasteiger partial charge on any atom is -0.379 e. The highest BCUT2D eigenvalue weighted by molar-refractivity contribution is 5.79. The zero-order valence-electron chi connectivity index (χ0n) is 18.0. The molecule has 2 aromatic rings. The van der Waals surface area contributed by atoms with Gasteiger partial charge in [-0.05, 0) is 54.2 Å².